The largest absolute Gasteiger partial charge is 0.444 e. The third-order valence-corrected chi connectivity index (χ3v) is 6.10. The van der Waals surface area contributed by atoms with Gasteiger partial charge in [0.25, 0.3) is 5.91 Å². The Morgan fingerprint density at radius 2 is 1.61 bits per heavy atom. The number of nitrogens with one attached hydrogen (secondary N) is 2. The molecule has 1 heterocycles. The number of piperazine rings is 1. The van der Waals surface area contributed by atoms with Crippen LogP contribution in [0.2, 0.25) is 0 Å². The average Bonchev–Trinajstić information content (AvgIpc) is 2.70. The van der Waals surface area contributed by atoms with Gasteiger partial charge in [0.2, 0.25) is 10.0 Å². The van der Waals surface area contributed by atoms with Crippen LogP contribution in [0.3, 0.4) is 0 Å². The number of carbonyl (C=O) groups excluding carboxylic acids is 2. The van der Waals surface area contributed by atoms with Crippen LogP contribution in [0.5, 0.6) is 0 Å². The first-order valence-electron chi connectivity index (χ1n) is 10.3. The van der Waals surface area contributed by atoms with E-state index in [4.69, 9.17) is 4.74 Å². The van der Waals surface area contributed by atoms with Gasteiger partial charge in [0.1, 0.15) is 12.1 Å². The van der Waals surface area contributed by atoms with Crippen LogP contribution >= 0.6 is 0 Å². The van der Waals surface area contributed by atoms with Crippen molar-refractivity contribution in [2.45, 2.75) is 37.4 Å². The van der Waals surface area contributed by atoms with Crippen LogP contribution in [0, 0.1) is 0 Å². The number of halogens is 3. The fourth-order valence-electron chi connectivity index (χ4n) is 2.97. The SMILES string of the molecule is CC(C)(C)OC(=O)N1CCN(CCNS(=O)(=O)c2ccc(C(=O)NCC(F)(F)F)cc2)CC1. The Hall–Kier alpha value is -2.38. The molecule has 186 valence electrons. The van der Waals surface area contributed by atoms with Crippen molar-refractivity contribution < 1.29 is 35.9 Å². The lowest BCUT2D eigenvalue weighted by Crippen LogP contribution is -2.51. The van der Waals surface area contributed by atoms with E-state index in [9.17, 15) is 31.2 Å². The van der Waals surface area contributed by atoms with Crippen LogP contribution < -0.4 is 10.0 Å². The number of hydrogen-bond acceptors (Lipinski definition) is 6. The number of sulfonamides is 1. The smallest absolute Gasteiger partial charge is 0.410 e. The Balaban J connectivity index is 1.79. The first-order valence-corrected chi connectivity index (χ1v) is 11.8. The van der Waals surface area contributed by atoms with E-state index in [1.165, 1.54) is 0 Å². The number of benzene rings is 1. The van der Waals surface area contributed by atoms with E-state index in [1.807, 2.05) is 4.90 Å². The quantitative estimate of drug-likeness (QED) is 0.599. The van der Waals surface area contributed by atoms with Gasteiger partial charge in [-0.2, -0.15) is 13.2 Å². The maximum Gasteiger partial charge on any atom is 0.410 e. The van der Waals surface area contributed by atoms with Crippen LogP contribution in [0.1, 0.15) is 31.1 Å². The minimum Gasteiger partial charge on any atom is -0.444 e. The number of ether oxygens (including phenoxy) is 1. The molecule has 1 saturated heterocycles. The maximum atomic E-state index is 12.4. The molecule has 0 aliphatic carbocycles. The summed E-state index contributed by atoms with van der Waals surface area (Å²) >= 11 is 0. The normalized spacial score (nSPS) is 15.9. The Labute approximate surface area is 191 Å². The third-order valence-electron chi connectivity index (χ3n) is 4.62. The van der Waals surface area contributed by atoms with Crippen LogP contribution in [0.25, 0.3) is 0 Å². The molecule has 0 radical (unpaired) electrons. The molecule has 1 aliphatic rings. The van der Waals surface area contributed by atoms with Gasteiger partial charge in [-0.1, -0.05) is 0 Å². The van der Waals surface area contributed by atoms with Crippen molar-refractivity contribution in [3.63, 3.8) is 0 Å². The standard InChI is InChI=1S/C20H29F3N4O5S/c1-19(2,3)32-18(29)27-12-10-26(11-13-27)9-8-25-33(30,31)16-6-4-15(5-7-16)17(28)24-14-20(21,22)23/h4-7,25H,8-14H2,1-3H3,(H,24,28). The van der Waals surface area contributed by atoms with E-state index >= 15 is 0 Å². The number of alkyl halides is 3. The molecule has 2 N–H and O–H groups in total. The zero-order valence-corrected chi connectivity index (χ0v) is 19.6. The first-order chi connectivity index (χ1) is 15.2. The molecule has 1 aromatic carbocycles. The molecule has 2 amide bonds. The summed E-state index contributed by atoms with van der Waals surface area (Å²) in [5, 5.41) is 1.72. The molecule has 0 unspecified atom stereocenters. The van der Waals surface area contributed by atoms with E-state index in [1.54, 1.807) is 31.0 Å². The number of rotatable bonds is 7. The molecule has 0 atom stereocenters. The second-order valence-corrected chi connectivity index (χ2v) is 10.3. The topological polar surface area (TPSA) is 108 Å². The van der Waals surface area contributed by atoms with Crippen molar-refractivity contribution in [3.05, 3.63) is 29.8 Å². The van der Waals surface area contributed by atoms with Crippen LogP contribution in [0.15, 0.2) is 29.2 Å². The zero-order valence-electron chi connectivity index (χ0n) is 18.7. The fourth-order valence-corrected chi connectivity index (χ4v) is 3.99. The zero-order chi connectivity index (χ0) is 24.9. The summed E-state index contributed by atoms with van der Waals surface area (Å²) in [5.41, 5.74) is -0.654. The van der Waals surface area contributed by atoms with Crippen LogP contribution in [-0.4, -0.2) is 87.8 Å². The van der Waals surface area contributed by atoms with E-state index in [0.29, 0.717) is 32.7 Å². The second-order valence-electron chi connectivity index (χ2n) is 8.53. The van der Waals surface area contributed by atoms with Gasteiger partial charge in [0.15, 0.2) is 0 Å². The summed E-state index contributed by atoms with van der Waals surface area (Å²) in [6, 6.07) is 4.61. The Morgan fingerprint density at radius 1 is 1.03 bits per heavy atom. The molecule has 13 heteroatoms. The summed E-state index contributed by atoms with van der Waals surface area (Å²) in [6.07, 6.45) is -4.91. The fraction of sp³-hybridized carbons (Fsp3) is 0.600. The summed E-state index contributed by atoms with van der Waals surface area (Å²) in [5.74, 6) is -0.949. The van der Waals surface area contributed by atoms with Gasteiger partial charge in [-0.3, -0.25) is 9.69 Å². The Kier molecular flexibility index (Phi) is 8.71. The van der Waals surface area contributed by atoms with Gasteiger partial charge in [-0.05, 0) is 45.0 Å². The molecule has 9 nitrogen and oxygen atoms in total. The maximum absolute atomic E-state index is 12.4. The third kappa shape index (κ3) is 9.18. The van der Waals surface area contributed by atoms with Gasteiger partial charge in [0.05, 0.1) is 4.90 Å². The van der Waals surface area contributed by atoms with E-state index in [2.05, 4.69) is 4.72 Å². The molecule has 0 aromatic heterocycles. The first kappa shape index (κ1) is 26.9. The summed E-state index contributed by atoms with van der Waals surface area (Å²) in [6.45, 7) is 6.56. The lowest BCUT2D eigenvalue weighted by molar-refractivity contribution is -0.123. The molecular formula is C20H29F3N4O5S. The highest BCUT2D eigenvalue weighted by Gasteiger charge is 2.28. The molecule has 1 aliphatic heterocycles. The molecular weight excluding hydrogens is 465 g/mol. The molecule has 2 rings (SSSR count). The van der Waals surface area contributed by atoms with Crippen molar-refractivity contribution in [2.75, 3.05) is 45.8 Å². The summed E-state index contributed by atoms with van der Waals surface area (Å²) in [7, 11) is -3.86. The van der Waals surface area contributed by atoms with E-state index < -0.39 is 34.3 Å². The van der Waals surface area contributed by atoms with Crippen LogP contribution in [-0.2, 0) is 14.8 Å². The van der Waals surface area contributed by atoms with Crippen molar-refractivity contribution in [3.8, 4) is 0 Å². The minimum absolute atomic E-state index is 0.0824. The van der Waals surface area contributed by atoms with Gasteiger partial charge >= 0.3 is 12.3 Å². The van der Waals surface area contributed by atoms with Crippen LogP contribution in [0.4, 0.5) is 18.0 Å². The van der Waals surface area contributed by atoms with Crippen molar-refractivity contribution in [2.24, 2.45) is 0 Å². The van der Waals surface area contributed by atoms with E-state index in [0.717, 1.165) is 24.3 Å². The number of nitrogens with zero attached hydrogens (tertiary/aromatic N) is 2. The van der Waals surface area contributed by atoms with Gasteiger partial charge in [-0.15, -0.1) is 0 Å². The average molecular weight is 495 g/mol. The lowest BCUT2D eigenvalue weighted by atomic mass is 10.2. The number of carbonyl (C=O) groups is 2. The minimum atomic E-state index is -4.54. The monoisotopic (exact) mass is 494 g/mol. The molecule has 0 spiro atoms. The molecule has 0 bridgehead atoms. The second kappa shape index (κ2) is 10.7. The molecule has 1 aromatic rings. The Bertz CT molecular complexity index is 923. The number of amides is 2. The Morgan fingerprint density at radius 3 is 2.12 bits per heavy atom. The van der Waals surface area contributed by atoms with Crippen molar-refractivity contribution in [1.82, 2.24) is 19.8 Å². The van der Waals surface area contributed by atoms with Gasteiger partial charge in [0, 0.05) is 44.8 Å². The predicted octanol–water partition coefficient (Wildman–Crippen LogP) is 1.81. The highest BCUT2D eigenvalue weighted by atomic mass is 32.2. The summed E-state index contributed by atoms with van der Waals surface area (Å²) < 4.78 is 69.2. The highest BCUT2D eigenvalue weighted by molar-refractivity contribution is 7.89. The lowest BCUT2D eigenvalue weighted by Gasteiger charge is -2.35. The van der Waals surface area contributed by atoms with Gasteiger partial charge < -0.3 is 15.0 Å². The highest BCUT2D eigenvalue weighted by Crippen LogP contribution is 2.15. The molecule has 33 heavy (non-hydrogen) atoms. The van der Waals surface area contributed by atoms with E-state index in [-0.39, 0.29) is 23.1 Å². The molecule has 1 fully saturated rings. The predicted molar refractivity (Wildman–Crippen MR) is 114 cm³/mol. The number of hydrogen-bond donors (Lipinski definition) is 2. The van der Waals surface area contributed by atoms with Crippen molar-refractivity contribution in [1.29, 1.82) is 0 Å². The van der Waals surface area contributed by atoms with Gasteiger partial charge in [-0.25, -0.2) is 17.9 Å². The molecule has 0 saturated carbocycles. The summed E-state index contributed by atoms with van der Waals surface area (Å²) in [4.78, 5) is 27.3. The van der Waals surface area contributed by atoms with Crippen molar-refractivity contribution >= 4 is 22.0 Å².